The summed E-state index contributed by atoms with van der Waals surface area (Å²) in [7, 11) is 0. The lowest BCUT2D eigenvalue weighted by molar-refractivity contribution is 0.129. The lowest BCUT2D eigenvalue weighted by atomic mass is 10.2. The minimum atomic E-state index is 0.464. The summed E-state index contributed by atoms with van der Waals surface area (Å²) >= 11 is 6.00. The van der Waals surface area contributed by atoms with Crippen LogP contribution in [0.1, 0.15) is 6.92 Å². The van der Waals surface area contributed by atoms with Crippen LogP contribution in [0, 0.1) is 5.92 Å². The molecule has 0 bridgehead atoms. The molecular weight excluding hydrogens is 214 g/mol. The van der Waals surface area contributed by atoms with Crippen LogP contribution in [0.25, 0.3) is 0 Å². The first kappa shape index (κ1) is 10.6. The van der Waals surface area contributed by atoms with Crippen molar-refractivity contribution in [2.75, 3.05) is 31.2 Å². The van der Waals surface area contributed by atoms with Gasteiger partial charge in [0, 0.05) is 25.5 Å². The molecule has 2 rings (SSSR count). The Bertz CT molecular complexity index is 334. The SMILES string of the molecule is CC1COCCN(c2nccnc2Cl)C1. The van der Waals surface area contributed by atoms with Crippen LogP contribution in [0.2, 0.25) is 5.15 Å². The Labute approximate surface area is 94.2 Å². The standard InChI is InChI=1S/C10H14ClN3O/c1-8-6-14(4-5-15-7-8)10-9(11)12-2-3-13-10/h2-3,8H,4-7H2,1H3. The number of halogens is 1. The van der Waals surface area contributed by atoms with Gasteiger partial charge in [-0.1, -0.05) is 18.5 Å². The summed E-state index contributed by atoms with van der Waals surface area (Å²) in [5.41, 5.74) is 0. The second-order valence-corrected chi connectivity index (χ2v) is 4.15. The lowest BCUT2D eigenvalue weighted by Crippen LogP contribution is -2.30. The molecule has 1 aliphatic rings. The van der Waals surface area contributed by atoms with E-state index >= 15 is 0 Å². The van der Waals surface area contributed by atoms with E-state index in [-0.39, 0.29) is 0 Å². The van der Waals surface area contributed by atoms with Crippen LogP contribution in [0.15, 0.2) is 12.4 Å². The van der Waals surface area contributed by atoms with Crippen molar-refractivity contribution in [1.82, 2.24) is 9.97 Å². The Morgan fingerprint density at radius 3 is 3.07 bits per heavy atom. The van der Waals surface area contributed by atoms with Gasteiger partial charge in [-0.3, -0.25) is 0 Å². The summed E-state index contributed by atoms with van der Waals surface area (Å²) in [6, 6.07) is 0. The third-order valence-electron chi connectivity index (χ3n) is 2.38. The van der Waals surface area contributed by atoms with Gasteiger partial charge in [0.25, 0.3) is 0 Å². The van der Waals surface area contributed by atoms with Crippen molar-refractivity contribution in [3.63, 3.8) is 0 Å². The topological polar surface area (TPSA) is 38.2 Å². The zero-order valence-corrected chi connectivity index (χ0v) is 9.44. The van der Waals surface area contributed by atoms with Crippen LogP contribution >= 0.6 is 11.6 Å². The van der Waals surface area contributed by atoms with Crippen molar-refractivity contribution in [3.05, 3.63) is 17.5 Å². The van der Waals surface area contributed by atoms with E-state index < -0.39 is 0 Å². The molecular formula is C10H14ClN3O. The van der Waals surface area contributed by atoms with Gasteiger partial charge in [0.1, 0.15) is 0 Å². The van der Waals surface area contributed by atoms with E-state index in [1.807, 2.05) is 0 Å². The summed E-state index contributed by atoms with van der Waals surface area (Å²) < 4.78 is 5.47. The van der Waals surface area contributed by atoms with E-state index in [0.29, 0.717) is 11.1 Å². The van der Waals surface area contributed by atoms with Gasteiger partial charge in [-0.15, -0.1) is 0 Å². The largest absolute Gasteiger partial charge is 0.379 e. The molecule has 1 aromatic rings. The molecule has 82 valence electrons. The molecule has 15 heavy (non-hydrogen) atoms. The second-order valence-electron chi connectivity index (χ2n) is 3.80. The minimum Gasteiger partial charge on any atom is -0.379 e. The molecule has 1 aromatic heterocycles. The normalized spacial score (nSPS) is 22.5. The van der Waals surface area contributed by atoms with E-state index in [9.17, 15) is 0 Å². The maximum atomic E-state index is 6.00. The molecule has 0 aromatic carbocycles. The van der Waals surface area contributed by atoms with Crippen molar-refractivity contribution in [2.24, 2.45) is 5.92 Å². The average Bonchev–Trinajstić information content (AvgIpc) is 2.43. The zero-order valence-electron chi connectivity index (χ0n) is 8.69. The summed E-state index contributed by atoms with van der Waals surface area (Å²) in [6.07, 6.45) is 3.27. The van der Waals surface area contributed by atoms with Gasteiger partial charge >= 0.3 is 0 Å². The first-order valence-electron chi connectivity index (χ1n) is 5.06. The first-order valence-corrected chi connectivity index (χ1v) is 5.44. The Morgan fingerprint density at radius 1 is 1.47 bits per heavy atom. The maximum Gasteiger partial charge on any atom is 0.171 e. The van der Waals surface area contributed by atoms with Gasteiger partial charge in [0.05, 0.1) is 13.2 Å². The number of rotatable bonds is 1. The number of hydrogen-bond donors (Lipinski definition) is 0. The highest BCUT2D eigenvalue weighted by atomic mass is 35.5. The quantitative estimate of drug-likeness (QED) is 0.731. The highest BCUT2D eigenvalue weighted by molar-refractivity contribution is 6.31. The predicted molar refractivity (Wildman–Crippen MR) is 59.2 cm³/mol. The number of aromatic nitrogens is 2. The molecule has 0 amide bonds. The highest BCUT2D eigenvalue weighted by Gasteiger charge is 2.18. The van der Waals surface area contributed by atoms with Gasteiger partial charge < -0.3 is 9.64 Å². The van der Waals surface area contributed by atoms with Gasteiger partial charge in [-0.2, -0.15) is 0 Å². The lowest BCUT2D eigenvalue weighted by Gasteiger charge is -2.22. The molecule has 1 fully saturated rings. The Kier molecular flexibility index (Phi) is 3.38. The third kappa shape index (κ3) is 2.58. The fourth-order valence-electron chi connectivity index (χ4n) is 1.70. The Balaban J connectivity index is 2.18. The molecule has 4 nitrogen and oxygen atoms in total. The number of hydrogen-bond acceptors (Lipinski definition) is 4. The van der Waals surface area contributed by atoms with Crippen LogP contribution in [-0.2, 0) is 4.74 Å². The molecule has 0 aliphatic carbocycles. The van der Waals surface area contributed by atoms with E-state index in [0.717, 1.165) is 32.1 Å². The van der Waals surface area contributed by atoms with Gasteiger partial charge in [0.15, 0.2) is 11.0 Å². The van der Waals surface area contributed by atoms with Crippen molar-refractivity contribution < 1.29 is 4.74 Å². The van der Waals surface area contributed by atoms with E-state index in [1.165, 1.54) is 0 Å². The smallest absolute Gasteiger partial charge is 0.171 e. The molecule has 0 saturated carbocycles. The zero-order chi connectivity index (χ0) is 10.7. The summed E-state index contributed by atoms with van der Waals surface area (Å²) in [6.45, 7) is 5.41. The van der Waals surface area contributed by atoms with Gasteiger partial charge in [-0.25, -0.2) is 9.97 Å². The molecule has 1 aliphatic heterocycles. The number of ether oxygens (including phenoxy) is 1. The van der Waals surface area contributed by atoms with Crippen LogP contribution in [-0.4, -0.2) is 36.3 Å². The van der Waals surface area contributed by atoms with Crippen LogP contribution in [0.3, 0.4) is 0 Å². The maximum absolute atomic E-state index is 6.00. The summed E-state index contributed by atoms with van der Waals surface area (Å²) in [5, 5.41) is 0.464. The van der Waals surface area contributed by atoms with E-state index in [1.54, 1.807) is 12.4 Å². The molecule has 0 N–H and O–H groups in total. The van der Waals surface area contributed by atoms with Crippen molar-refractivity contribution in [2.45, 2.75) is 6.92 Å². The van der Waals surface area contributed by atoms with E-state index in [2.05, 4.69) is 21.8 Å². The molecule has 5 heteroatoms. The average molecular weight is 228 g/mol. The van der Waals surface area contributed by atoms with E-state index in [4.69, 9.17) is 16.3 Å². The Morgan fingerprint density at radius 2 is 2.27 bits per heavy atom. The van der Waals surface area contributed by atoms with Crippen LogP contribution in [0.5, 0.6) is 0 Å². The van der Waals surface area contributed by atoms with Crippen molar-refractivity contribution in [1.29, 1.82) is 0 Å². The fraction of sp³-hybridized carbons (Fsp3) is 0.600. The monoisotopic (exact) mass is 227 g/mol. The molecule has 1 atom stereocenters. The molecule has 2 heterocycles. The highest BCUT2D eigenvalue weighted by Crippen LogP contribution is 2.21. The van der Waals surface area contributed by atoms with Crippen molar-refractivity contribution >= 4 is 17.4 Å². The predicted octanol–water partition coefficient (Wildman–Crippen LogP) is 1.60. The Hall–Kier alpha value is -0.870. The fourth-order valence-corrected chi connectivity index (χ4v) is 1.92. The molecule has 0 radical (unpaired) electrons. The van der Waals surface area contributed by atoms with Crippen LogP contribution < -0.4 is 4.90 Å². The summed E-state index contributed by atoms with van der Waals surface area (Å²) in [5.74, 6) is 1.25. The molecule has 0 spiro atoms. The van der Waals surface area contributed by atoms with Gasteiger partial charge in [0.2, 0.25) is 0 Å². The van der Waals surface area contributed by atoms with Gasteiger partial charge in [-0.05, 0) is 5.92 Å². The summed E-state index contributed by atoms with van der Waals surface area (Å²) in [4.78, 5) is 10.4. The molecule has 1 unspecified atom stereocenters. The molecule has 1 saturated heterocycles. The van der Waals surface area contributed by atoms with Crippen LogP contribution in [0.4, 0.5) is 5.82 Å². The second kappa shape index (κ2) is 4.77. The number of anilines is 1. The first-order chi connectivity index (χ1) is 7.27. The third-order valence-corrected chi connectivity index (χ3v) is 2.64. The number of nitrogens with zero attached hydrogens (tertiary/aromatic N) is 3. The van der Waals surface area contributed by atoms with Crippen molar-refractivity contribution in [3.8, 4) is 0 Å². The minimum absolute atomic E-state index is 0.464.